The molecule has 1 aromatic rings. The van der Waals surface area contributed by atoms with Crippen LogP contribution in [0.4, 0.5) is 5.69 Å². The molecule has 1 aliphatic rings. The van der Waals surface area contributed by atoms with Crippen LogP contribution >= 0.6 is 0 Å². The van der Waals surface area contributed by atoms with Gasteiger partial charge in [0, 0.05) is 0 Å². The molecule has 0 saturated carbocycles. The molecule has 0 atom stereocenters. The second kappa shape index (κ2) is 3.38. The number of amides is 1. The van der Waals surface area contributed by atoms with Gasteiger partial charge in [-0.15, -0.1) is 0 Å². The van der Waals surface area contributed by atoms with E-state index in [1.807, 2.05) is 32.0 Å². The molecule has 4 heteroatoms. The Hall–Kier alpha value is -1.84. The maximum absolute atomic E-state index is 11.5. The van der Waals surface area contributed by atoms with Crippen molar-refractivity contribution in [3.8, 4) is 0 Å². The standard InChI is InChI=1S/C11H13N3O/c1-7-3-4-9(5-8(7)2)14-11(15)6-10(12)13-14/h3-5H,6H2,1-2H3,(H2,12,13). The molecule has 0 unspecified atom stereocenters. The van der Waals surface area contributed by atoms with Gasteiger partial charge in [0.05, 0.1) is 12.1 Å². The van der Waals surface area contributed by atoms with Crippen LogP contribution in [0.5, 0.6) is 0 Å². The summed E-state index contributed by atoms with van der Waals surface area (Å²) in [5.74, 6) is 0.300. The van der Waals surface area contributed by atoms with Crippen molar-refractivity contribution in [3.05, 3.63) is 29.3 Å². The molecular weight excluding hydrogens is 190 g/mol. The summed E-state index contributed by atoms with van der Waals surface area (Å²) in [6.07, 6.45) is 0.215. The fourth-order valence-electron chi connectivity index (χ4n) is 1.51. The van der Waals surface area contributed by atoms with Crippen molar-refractivity contribution < 1.29 is 4.79 Å². The average molecular weight is 203 g/mol. The van der Waals surface area contributed by atoms with E-state index in [-0.39, 0.29) is 12.3 Å². The third-order valence-electron chi connectivity index (χ3n) is 2.53. The van der Waals surface area contributed by atoms with Crippen LogP contribution in [0, 0.1) is 13.8 Å². The van der Waals surface area contributed by atoms with Gasteiger partial charge in [0.25, 0.3) is 5.91 Å². The Morgan fingerprint density at radius 1 is 1.33 bits per heavy atom. The lowest BCUT2D eigenvalue weighted by Crippen LogP contribution is -2.19. The molecule has 78 valence electrons. The molecule has 0 saturated heterocycles. The largest absolute Gasteiger partial charge is 0.385 e. The van der Waals surface area contributed by atoms with Crippen molar-refractivity contribution in [3.63, 3.8) is 0 Å². The maximum Gasteiger partial charge on any atom is 0.255 e. The van der Waals surface area contributed by atoms with Crippen molar-refractivity contribution in [2.45, 2.75) is 20.3 Å². The Morgan fingerprint density at radius 3 is 2.60 bits per heavy atom. The van der Waals surface area contributed by atoms with Crippen LogP contribution < -0.4 is 10.7 Å². The topological polar surface area (TPSA) is 58.7 Å². The summed E-state index contributed by atoms with van der Waals surface area (Å²) in [6.45, 7) is 4.04. The number of carbonyl (C=O) groups excluding carboxylic acids is 1. The SMILES string of the molecule is Cc1ccc(N2N=C(N)CC2=O)cc1C. The van der Waals surface area contributed by atoms with E-state index >= 15 is 0 Å². The fraction of sp³-hybridized carbons (Fsp3) is 0.273. The molecule has 1 amide bonds. The minimum absolute atomic E-state index is 0.0734. The highest BCUT2D eigenvalue weighted by Crippen LogP contribution is 2.22. The predicted octanol–water partition coefficient (Wildman–Crippen LogP) is 1.31. The number of aryl methyl sites for hydroxylation is 2. The number of amidine groups is 1. The Bertz CT molecular complexity index is 451. The van der Waals surface area contributed by atoms with Crippen molar-refractivity contribution in [1.82, 2.24) is 0 Å². The number of hydrogen-bond donors (Lipinski definition) is 1. The zero-order valence-corrected chi connectivity index (χ0v) is 8.82. The highest BCUT2D eigenvalue weighted by Gasteiger charge is 2.23. The van der Waals surface area contributed by atoms with Gasteiger partial charge >= 0.3 is 0 Å². The van der Waals surface area contributed by atoms with Crippen LogP contribution in [0.15, 0.2) is 23.3 Å². The molecule has 15 heavy (non-hydrogen) atoms. The van der Waals surface area contributed by atoms with Gasteiger partial charge in [0.1, 0.15) is 5.84 Å². The lowest BCUT2D eigenvalue weighted by atomic mass is 10.1. The Balaban J connectivity index is 2.38. The van der Waals surface area contributed by atoms with Gasteiger partial charge in [-0.25, -0.2) is 0 Å². The van der Waals surface area contributed by atoms with Crippen LogP contribution in [-0.4, -0.2) is 11.7 Å². The van der Waals surface area contributed by atoms with E-state index in [4.69, 9.17) is 5.73 Å². The maximum atomic E-state index is 11.5. The summed E-state index contributed by atoms with van der Waals surface area (Å²) >= 11 is 0. The van der Waals surface area contributed by atoms with Gasteiger partial charge in [-0.05, 0) is 37.1 Å². The number of carbonyl (C=O) groups is 1. The number of rotatable bonds is 1. The van der Waals surface area contributed by atoms with E-state index in [2.05, 4.69) is 5.10 Å². The molecule has 1 heterocycles. The molecule has 0 bridgehead atoms. The molecule has 1 aliphatic heterocycles. The molecule has 4 nitrogen and oxygen atoms in total. The van der Waals surface area contributed by atoms with Crippen molar-refractivity contribution >= 4 is 17.4 Å². The second-order valence-electron chi connectivity index (χ2n) is 3.74. The monoisotopic (exact) mass is 203 g/mol. The predicted molar refractivity (Wildman–Crippen MR) is 59.6 cm³/mol. The average Bonchev–Trinajstić information content (AvgIpc) is 2.50. The summed E-state index contributed by atoms with van der Waals surface area (Å²) in [5, 5.41) is 5.35. The summed E-state index contributed by atoms with van der Waals surface area (Å²) in [7, 11) is 0. The van der Waals surface area contributed by atoms with Gasteiger partial charge < -0.3 is 5.73 Å². The van der Waals surface area contributed by atoms with Gasteiger partial charge in [-0.1, -0.05) is 6.07 Å². The lowest BCUT2D eigenvalue weighted by molar-refractivity contribution is -0.116. The van der Waals surface area contributed by atoms with Gasteiger partial charge in [0.2, 0.25) is 0 Å². The molecule has 0 fully saturated rings. The number of anilines is 1. The van der Waals surface area contributed by atoms with Crippen molar-refractivity contribution in [2.75, 3.05) is 5.01 Å². The first kappa shape index (κ1) is 9.71. The van der Waals surface area contributed by atoms with Gasteiger partial charge in [-0.3, -0.25) is 4.79 Å². The number of hydrogen-bond acceptors (Lipinski definition) is 3. The summed E-state index contributed by atoms with van der Waals surface area (Å²) in [4.78, 5) is 11.5. The summed E-state index contributed by atoms with van der Waals surface area (Å²) in [6, 6.07) is 5.79. The van der Waals surface area contributed by atoms with E-state index in [0.29, 0.717) is 5.84 Å². The van der Waals surface area contributed by atoms with Crippen LogP contribution in [0.2, 0.25) is 0 Å². The number of nitrogens with zero attached hydrogens (tertiary/aromatic N) is 2. The van der Waals surface area contributed by atoms with E-state index < -0.39 is 0 Å². The van der Waals surface area contributed by atoms with Crippen LogP contribution in [-0.2, 0) is 4.79 Å². The molecule has 2 N–H and O–H groups in total. The first-order valence-electron chi connectivity index (χ1n) is 4.81. The smallest absolute Gasteiger partial charge is 0.255 e. The van der Waals surface area contributed by atoms with E-state index in [1.54, 1.807) is 0 Å². The zero-order chi connectivity index (χ0) is 11.0. The van der Waals surface area contributed by atoms with E-state index in [9.17, 15) is 4.79 Å². The van der Waals surface area contributed by atoms with Crippen LogP contribution in [0.25, 0.3) is 0 Å². The first-order chi connectivity index (χ1) is 7.08. The van der Waals surface area contributed by atoms with Crippen molar-refractivity contribution in [2.24, 2.45) is 10.8 Å². The quantitative estimate of drug-likeness (QED) is 0.748. The van der Waals surface area contributed by atoms with Crippen LogP contribution in [0.1, 0.15) is 17.5 Å². The molecular formula is C11H13N3O. The summed E-state index contributed by atoms with van der Waals surface area (Å²) < 4.78 is 0. The molecule has 0 spiro atoms. The van der Waals surface area contributed by atoms with Crippen LogP contribution in [0.3, 0.4) is 0 Å². The Kier molecular flexibility index (Phi) is 2.19. The first-order valence-corrected chi connectivity index (χ1v) is 4.81. The van der Waals surface area contributed by atoms with E-state index in [0.717, 1.165) is 11.3 Å². The lowest BCUT2D eigenvalue weighted by Gasteiger charge is -2.12. The normalized spacial score (nSPS) is 15.7. The molecule has 0 aliphatic carbocycles. The Morgan fingerprint density at radius 2 is 2.07 bits per heavy atom. The number of benzene rings is 1. The van der Waals surface area contributed by atoms with E-state index in [1.165, 1.54) is 10.6 Å². The minimum Gasteiger partial charge on any atom is -0.385 e. The van der Waals surface area contributed by atoms with Crippen molar-refractivity contribution in [1.29, 1.82) is 0 Å². The summed E-state index contributed by atoms with van der Waals surface area (Å²) in [5.41, 5.74) is 8.63. The third-order valence-corrected chi connectivity index (χ3v) is 2.53. The molecule has 0 radical (unpaired) electrons. The molecule has 2 rings (SSSR count). The fourth-order valence-corrected chi connectivity index (χ4v) is 1.51. The number of hydrazone groups is 1. The minimum atomic E-state index is -0.0734. The van der Waals surface area contributed by atoms with Gasteiger partial charge in [0.15, 0.2) is 0 Å². The zero-order valence-electron chi connectivity index (χ0n) is 8.82. The highest BCUT2D eigenvalue weighted by atomic mass is 16.2. The molecule has 1 aromatic carbocycles. The highest BCUT2D eigenvalue weighted by molar-refractivity contribution is 6.11. The molecule has 0 aromatic heterocycles. The number of nitrogens with two attached hydrogens (primary N) is 1. The second-order valence-corrected chi connectivity index (χ2v) is 3.74. The Labute approximate surface area is 88.4 Å². The third kappa shape index (κ3) is 1.70. The van der Waals surface area contributed by atoms with Gasteiger partial charge in [-0.2, -0.15) is 10.1 Å².